The number of nitrogens with zero attached hydrogens (tertiary/aromatic N) is 1. The van der Waals surface area contributed by atoms with Crippen LogP contribution in [0.3, 0.4) is 0 Å². The molecule has 0 bridgehead atoms. The molecule has 27 heavy (non-hydrogen) atoms. The van der Waals surface area contributed by atoms with Crippen LogP contribution in [0.1, 0.15) is 27.0 Å². The summed E-state index contributed by atoms with van der Waals surface area (Å²) < 4.78 is 0. The summed E-state index contributed by atoms with van der Waals surface area (Å²) in [5, 5.41) is 3.32. The third kappa shape index (κ3) is 5.25. The lowest BCUT2D eigenvalue weighted by Gasteiger charge is -2.26. The fraction of sp³-hybridized carbons (Fsp3) is 0.130. The topological polar surface area (TPSA) is 32.3 Å². The van der Waals surface area contributed by atoms with Gasteiger partial charge in [0, 0.05) is 18.7 Å². The molecule has 3 rings (SSSR count). The number of hydrogen-bond acceptors (Lipinski definition) is 2. The molecule has 0 aliphatic heterocycles. The molecule has 3 nitrogen and oxygen atoms in total. The summed E-state index contributed by atoms with van der Waals surface area (Å²) in [6.07, 6.45) is 0. The van der Waals surface area contributed by atoms with E-state index in [1.54, 1.807) is 0 Å². The van der Waals surface area contributed by atoms with Gasteiger partial charge in [0.05, 0.1) is 0 Å². The van der Waals surface area contributed by atoms with Crippen molar-refractivity contribution in [3.05, 3.63) is 107 Å². The van der Waals surface area contributed by atoms with Crippen molar-refractivity contribution in [1.29, 1.82) is 0 Å². The molecule has 0 unspecified atom stereocenters. The molecule has 0 atom stereocenters. The van der Waals surface area contributed by atoms with E-state index in [2.05, 4.69) is 29.6 Å². The molecule has 3 aromatic carbocycles. The predicted molar refractivity (Wildman–Crippen MR) is 113 cm³/mol. The number of carbonyl (C=O) groups is 1. The Bertz CT molecular complexity index is 868. The maximum atomic E-state index is 12.7. The standard InChI is InChI=1S/C23H22N2OS/c1-18-10-8-9-15-21(18)22(26)24-23(27)25(16-19-11-4-2-5-12-19)17-20-13-6-3-7-14-20/h2-15H,16-17H2,1H3,(H,24,26,27). The van der Waals surface area contributed by atoms with E-state index in [4.69, 9.17) is 12.2 Å². The van der Waals surface area contributed by atoms with E-state index in [1.165, 1.54) is 0 Å². The van der Waals surface area contributed by atoms with E-state index < -0.39 is 0 Å². The number of benzene rings is 3. The summed E-state index contributed by atoms with van der Waals surface area (Å²) in [5.74, 6) is -0.177. The van der Waals surface area contributed by atoms with Crippen molar-refractivity contribution in [2.45, 2.75) is 20.0 Å². The zero-order chi connectivity index (χ0) is 19.1. The Morgan fingerprint density at radius 2 is 1.30 bits per heavy atom. The number of nitrogens with one attached hydrogen (secondary N) is 1. The summed E-state index contributed by atoms with van der Waals surface area (Å²) in [5.41, 5.74) is 3.84. The van der Waals surface area contributed by atoms with Crippen LogP contribution in [0.4, 0.5) is 0 Å². The van der Waals surface area contributed by atoms with Gasteiger partial charge in [0.15, 0.2) is 5.11 Å². The number of amides is 1. The Balaban J connectivity index is 1.77. The Labute approximate surface area is 165 Å². The molecule has 1 N–H and O–H groups in total. The molecule has 136 valence electrons. The Hall–Kier alpha value is -2.98. The van der Waals surface area contributed by atoms with E-state index in [-0.39, 0.29) is 5.91 Å². The molecule has 0 spiro atoms. The first-order valence-corrected chi connectivity index (χ1v) is 9.28. The minimum absolute atomic E-state index is 0.177. The number of hydrogen-bond donors (Lipinski definition) is 1. The number of carbonyl (C=O) groups excluding carboxylic acids is 1. The van der Waals surface area contributed by atoms with Crippen molar-refractivity contribution in [1.82, 2.24) is 10.2 Å². The smallest absolute Gasteiger partial charge is 0.257 e. The van der Waals surface area contributed by atoms with Crippen molar-refractivity contribution >= 4 is 23.2 Å². The van der Waals surface area contributed by atoms with Crippen LogP contribution in [0.25, 0.3) is 0 Å². The zero-order valence-corrected chi connectivity index (χ0v) is 16.1. The van der Waals surface area contributed by atoms with Gasteiger partial charge in [-0.1, -0.05) is 78.9 Å². The van der Waals surface area contributed by atoms with Crippen LogP contribution < -0.4 is 5.32 Å². The molecule has 0 heterocycles. The third-order valence-corrected chi connectivity index (χ3v) is 4.69. The Morgan fingerprint density at radius 3 is 1.81 bits per heavy atom. The molecule has 3 aromatic rings. The van der Waals surface area contributed by atoms with Gasteiger partial charge in [-0.15, -0.1) is 0 Å². The van der Waals surface area contributed by atoms with Crippen molar-refractivity contribution in [3.63, 3.8) is 0 Å². The van der Waals surface area contributed by atoms with Gasteiger partial charge in [-0.3, -0.25) is 10.1 Å². The van der Waals surface area contributed by atoms with Crippen LogP contribution in [0, 0.1) is 6.92 Å². The first-order chi connectivity index (χ1) is 13.1. The molecule has 0 aromatic heterocycles. The Morgan fingerprint density at radius 1 is 0.815 bits per heavy atom. The van der Waals surface area contributed by atoms with Gasteiger partial charge in [-0.05, 0) is 41.9 Å². The quantitative estimate of drug-likeness (QED) is 0.656. The van der Waals surface area contributed by atoms with Crippen LogP contribution in [-0.2, 0) is 13.1 Å². The fourth-order valence-electron chi connectivity index (χ4n) is 2.88. The van der Waals surface area contributed by atoms with E-state index >= 15 is 0 Å². The second-order valence-electron chi connectivity index (χ2n) is 6.40. The molecule has 0 aliphatic carbocycles. The van der Waals surface area contributed by atoms with Gasteiger partial charge in [0.2, 0.25) is 0 Å². The second kappa shape index (κ2) is 9.10. The van der Waals surface area contributed by atoms with Gasteiger partial charge in [0.25, 0.3) is 5.91 Å². The lowest BCUT2D eigenvalue weighted by Crippen LogP contribution is -2.42. The largest absolute Gasteiger partial charge is 0.340 e. The molecule has 1 amide bonds. The molecule has 0 aliphatic rings. The summed E-state index contributed by atoms with van der Waals surface area (Å²) in [6.45, 7) is 3.18. The van der Waals surface area contributed by atoms with Crippen molar-refractivity contribution in [3.8, 4) is 0 Å². The van der Waals surface area contributed by atoms with Crippen molar-refractivity contribution in [2.24, 2.45) is 0 Å². The molecule has 0 radical (unpaired) electrons. The van der Waals surface area contributed by atoms with E-state index in [0.717, 1.165) is 16.7 Å². The lowest BCUT2D eigenvalue weighted by atomic mass is 10.1. The normalized spacial score (nSPS) is 10.3. The van der Waals surface area contributed by atoms with Crippen LogP contribution in [0.5, 0.6) is 0 Å². The SMILES string of the molecule is Cc1ccccc1C(=O)NC(=S)N(Cc1ccccc1)Cc1ccccc1. The highest BCUT2D eigenvalue weighted by Gasteiger charge is 2.16. The van der Waals surface area contributed by atoms with Crippen LogP contribution in [-0.4, -0.2) is 15.9 Å². The zero-order valence-electron chi connectivity index (χ0n) is 15.3. The van der Waals surface area contributed by atoms with Crippen LogP contribution in [0.2, 0.25) is 0 Å². The molecular weight excluding hydrogens is 352 g/mol. The molecule has 0 fully saturated rings. The summed E-state index contributed by atoms with van der Waals surface area (Å²) >= 11 is 5.59. The minimum Gasteiger partial charge on any atom is -0.340 e. The van der Waals surface area contributed by atoms with Crippen LogP contribution in [0.15, 0.2) is 84.9 Å². The van der Waals surface area contributed by atoms with Gasteiger partial charge in [-0.2, -0.15) is 0 Å². The van der Waals surface area contributed by atoms with E-state index in [1.807, 2.05) is 72.5 Å². The summed E-state index contributed by atoms with van der Waals surface area (Å²) in [6, 6.07) is 27.7. The molecule has 4 heteroatoms. The van der Waals surface area contributed by atoms with Crippen molar-refractivity contribution < 1.29 is 4.79 Å². The predicted octanol–water partition coefficient (Wildman–Crippen LogP) is 4.71. The first kappa shape index (κ1) is 18.8. The average molecular weight is 375 g/mol. The highest BCUT2D eigenvalue weighted by molar-refractivity contribution is 7.80. The fourth-order valence-corrected chi connectivity index (χ4v) is 3.10. The number of aryl methyl sites for hydroxylation is 1. The first-order valence-electron chi connectivity index (χ1n) is 8.87. The van der Waals surface area contributed by atoms with Gasteiger partial charge < -0.3 is 4.90 Å². The van der Waals surface area contributed by atoms with Crippen LogP contribution >= 0.6 is 12.2 Å². The average Bonchev–Trinajstić information content (AvgIpc) is 2.69. The highest BCUT2D eigenvalue weighted by atomic mass is 32.1. The maximum Gasteiger partial charge on any atom is 0.257 e. The highest BCUT2D eigenvalue weighted by Crippen LogP contribution is 2.12. The Kier molecular flexibility index (Phi) is 6.34. The third-order valence-electron chi connectivity index (χ3n) is 4.33. The van der Waals surface area contributed by atoms with E-state index in [0.29, 0.717) is 23.8 Å². The molecular formula is C23H22N2OS. The summed E-state index contributed by atoms with van der Waals surface area (Å²) in [7, 11) is 0. The molecule has 0 saturated heterocycles. The molecule has 0 saturated carbocycles. The minimum atomic E-state index is -0.177. The van der Waals surface area contributed by atoms with Gasteiger partial charge in [0.1, 0.15) is 0 Å². The van der Waals surface area contributed by atoms with Crippen molar-refractivity contribution in [2.75, 3.05) is 0 Å². The lowest BCUT2D eigenvalue weighted by molar-refractivity contribution is 0.0972. The summed E-state index contributed by atoms with van der Waals surface area (Å²) in [4.78, 5) is 14.7. The van der Waals surface area contributed by atoms with E-state index in [9.17, 15) is 4.79 Å². The maximum absolute atomic E-state index is 12.7. The van der Waals surface area contributed by atoms with Gasteiger partial charge >= 0.3 is 0 Å². The monoisotopic (exact) mass is 374 g/mol. The number of thiocarbonyl (C=S) groups is 1. The number of rotatable bonds is 5. The van der Waals surface area contributed by atoms with Gasteiger partial charge in [-0.25, -0.2) is 0 Å². The second-order valence-corrected chi connectivity index (χ2v) is 6.79.